The molecule has 2 rings (SSSR count). The Labute approximate surface area is 74.1 Å². The van der Waals surface area contributed by atoms with Crippen molar-refractivity contribution in [3.8, 4) is 11.4 Å². The molecule has 60 valence electrons. The van der Waals surface area contributed by atoms with Crippen molar-refractivity contribution in [3.05, 3.63) is 28.7 Å². The highest BCUT2D eigenvalue weighted by Crippen LogP contribution is 2.16. The first-order valence-corrected chi connectivity index (χ1v) is 4.49. The van der Waals surface area contributed by atoms with Crippen LogP contribution in [0.1, 0.15) is 5.69 Å². The van der Waals surface area contributed by atoms with Crippen molar-refractivity contribution in [1.82, 2.24) is 15.2 Å². The largest absolute Gasteiger partial charge is 0.233 e. The van der Waals surface area contributed by atoms with Crippen LogP contribution in [0.4, 0.5) is 0 Å². The van der Waals surface area contributed by atoms with Crippen molar-refractivity contribution in [1.29, 1.82) is 0 Å². The molecule has 0 aliphatic rings. The third-order valence-corrected chi connectivity index (χ3v) is 2.14. The van der Waals surface area contributed by atoms with Gasteiger partial charge in [-0.05, 0) is 18.4 Å². The Morgan fingerprint density at radius 2 is 2.25 bits per heavy atom. The van der Waals surface area contributed by atoms with Crippen molar-refractivity contribution in [3.63, 3.8) is 0 Å². The molecule has 0 radical (unpaired) electrons. The van der Waals surface area contributed by atoms with Gasteiger partial charge in [-0.15, -0.1) is 5.10 Å². The summed E-state index contributed by atoms with van der Waals surface area (Å²) in [6, 6.07) is 1.98. The van der Waals surface area contributed by atoms with Crippen LogP contribution in [0, 0.1) is 6.92 Å². The Kier molecular flexibility index (Phi) is 1.83. The van der Waals surface area contributed by atoms with Crippen LogP contribution in [0.15, 0.2) is 23.0 Å². The van der Waals surface area contributed by atoms with Crippen LogP contribution < -0.4 is 0 Å². The van der Waals surface area contributed by atoms with Crippen molar-refractivity contribution in [2.24, 2.45) is 0 Å². The Morgan fingerprint density at radius 1 is 1.33 bits per heavy atom. The van der Waals surface area contributed by atoms with Gasteiger partial charge in [-0.3, -0.25) is 0 Å². The molecule has 3 nitrogen and oxygen atoms in total. The second kappa shape index (κ2) is 2.98. The minimum Gasteiger partial charge on any atom is -0.233 e. The molecule has 0 saturated heterocycles. The third-order valence-electron chi connectivity index (χ3n) is 1.46. The lowest BCUT2D eigenvalue weighted by molar-refractivity contribution is 0.936. The first-order valence-electron chi connectivity index (χ1n) is 3.55. The van der Waals surface area contributed by atoms with Crippen molar-refractivity contribution < 1.29 is 0 Å². The number of hydrogen-bond donors (Lipinski definition) is 0. The summed E-state index contributed by atoms with van der Waals surface area (Å²) in [5.41, 5.74) is 1.88. The average Bonchev–Trinajstić information content (AvgIpc) is 2.58. The van der Waals surface area contributed by atoms with Crippen molar-refractivity contribution >= 4 is 11.3 Å². The zero-order chi connectivity index (χ0) is 8.39. The number of aryl methyl sites for hydroxylation is 1. The van der Waals surface area contributed by atoms with E-state index in [-0.39, 0.29) is 0 Å². The van der Waals surface area contributed by atoms with E-state index in [1.165, 1.54) is 0 Å². The predicted octanol–water partition coefficient (Wildman–Crippen LogP) is 1.91. The van der Waals surface area contributed by atoms with Gasteiger partial charge in [-0.2, -0.15) is 16.4 Å². The molecular formula is C8H7N3S. The summed E-state index contributed by atoms with van der Waals surface area (Å²) in [6.07, 6.45) is 1.72. The second-order valence-corrected chi connectivity index (χ2v) is 3.22. The fourth-order valence-electron chi connectivity index (χ4n) is 0.856. The number of rotatable bonds is 1. The molecule has 4 heteroatoms. The van der Waals surface area contributed by atoms with E-state index in [9.17, 15) is 0 Å². The molecule has 0 aliphatic carbocycles. The monoisotopic (exact) mass is 177 g/mol. The van der Waals surface area contributed by atoms with Gasteiger partial charge >= 0.3 is 0 Å². The molecule has 0 bridgehead atoms. The van der Waals surface area contributed by atoms with Gasteiger partial charge in [-0.1, -0.05) is 0 Å². The molecule has 0 amide bonds. The van der Waals surface area contributed by atoms with E-state index in [1.54, 1.807) is 17.5 Å². The molecule has 12 heavy (non-hydrogen) atoms. The van der Waals surface area contributed by atoms with Gasteiger partial charge in [0, 0.05) is 10.9 Å². The molecule has 0 atom stereocenters. The van der Waals surface area contributed by atoms with Crippen LogP contribution in [-0.2, 0) is 0 Å². The zero-order valence-corrected chi connectivity index (χ0v) is 7.38. The standard InChI is InChI=1S/C8H7N3S/c1-6-4-9-8(11-10-6)7-2-3-12-5-7/h2-5H,1H3. The summed E-state index contributed by atoms with van der Waals surface area (Å²) in [4.78, 5) is 4.15. The molecule has 0 saturated carbocycles. The Bertz CT molecular complexity index is 352. The molecule has 0 N–H and O–H groups in total. The molecule has 0 fully saturated rings. The maximum Gasteiger partial charge on any atom is 0.182 e. The topological polar surface area (TPSA) is 38.7 Å². The third kappa shape index (κ3) is 1.33. The molecule has 2 aromatic heterocycles. The second-order valence-electron chi connectivity index (χ2n) is 2.44. The minimum absolute atomic E-state index is 0.696. The molecule has 2 heterocycles. The summed E-state index contributed by atoms with van der Waals surface area (Å²) in [5, 5.41) is 11.9. The molecular weight excluding hydrogens is 170 g/mol. The van der Waals surface area contributed by atoms with Gasteiger partial charge in [-0.25, -0.2) is 4.98 Å². The van der Waals surface area contributed by atoms with Gasteiger partial charge < -0.3 is 0 Å². The van der Waals surface area contributed by atoms with E-state index in [0.717, 1.165) is 11.3 Å². The number of aromatic nitrogens is 3. The van der Waals surface area contributed by atoms with E-state index in [2.05, 4.69) is 15.2 Å². The summed E-state index contributed by atoms with van der Waals surface area (Å²) in [5.74, 6) is 0.696. The SMILES string of the molecule is Cc1cnc(-c2ccsc2)nn1. The van der Waals surface area contributed by atoms with E-state index in [1.807, 2.05) is 23.8 Å². The lowest BCUT2D eigenvalue weighted by Crippen LogP contribution is -1.92. The first kappa shape index (κ1) is 7.36. The normalized spacial score (nSPS) is 10.1. The molecule has 0 unspecified atom stereocenters. The lowest BCUT2D eigenvalue weighted by Gasteiger charge is -1.93. The smallest absolute Gasteiger partial charge is 0.182 e. The lowest BCUT2D eigenvalue weighted by atomic mass is 10.3. The fourth-order valence-corrected chi connectivity index (χ4v) is 1.49. The van der Waals surface area contributed by atoms with E-state index < -0.39 is 0 Å². The van der Waals surface area contributed by atoms with Crippen LogP contribution in [0.5, 0.6) is 0 Å². The summed E-state index contributed by atoms with van der Waals surface area (Å²) in [6.45, 7) is 1.87. The van der Waals surface area contributed by atoms with Crippen LogP contribution in [0.2, 0.25) is 0 Å². The average molecular weight is 177 g/mol. The van der Waals surface area contributed by atoms with E-state index in [0.29, 0.717) is 5.82 Å². The van der Waals surface area contributed by atoms with Gasteiger partial charge in [0.25, 0.3) is 0 Å². The van der Waals surface area contributed by atoms with Crippen LogP contribution in [0.25, 0.3) is 11.4 Å². The van der Waals surface area contributed by atoms with Gasteiger partial charge in [0.1, 0.15) is 0 Å². The van der Waals surface area contributed by atoms with Gasteiger partial charge in [0.05, 0.1) is 11.9 Å². The maximum absolute atomic E-state index is 4.15. The van der Waals surface area contributed by atoms with Gasteiger partial charge in [0.2, 0.25) is 0 Å². The highest BCUT2D eigenvalue weighted by molar-refractivity contribution is 7.08. The number of thiophene rings is 1. The first-order chi connectivity index (χ1) is 5.86. The quantitative estimate of drug-likeness (QED) is 0.667. The van der Waals surface area contributed by atoms with Crippen LogP contribution in [0.3, 0.4) is 0 Å². The molecule has 0 spiro atoms. The Balaban J connectivity index is 2.43. The zero-order valence-electron chi connectivity index (χ0n) is 6.56. The van der Waals surface area contributed by atoms with Crippen molar-refractivity contribution in [2.45, 2.75) is 6.92 Å². The number of hydrogen-bond acceptors (Lipinski definition) is 4. The van der Waals surface area contributed by atoms with Crippen molar-refractivity contribution in [2.75, 3.05) is 0 Å². The van der Waals surface area contributed by atoms with E-state index in [4.69, 9.17) is 0 Å². The highest BCUT2D eigenvalue weighted by Gasteiger charge is 2.00. The van der Waals surface area contributed by atoms with Crippen LogP contribution in [-0.4, -0.2) is 15.2 Å². The molecule has 2 aromatic rings. The van der Waals surface area contributed by atoms with Crippen LogP contribution >= 0.6 is 11.3 Å². The van der Waals surface area contributed by atoms with E-state index >= 15 is 0 Å². The number of nitrogens with zero attached hydrogens (tertiary/aromatic N) is 3. The summed E-state index contributed by atoms with van der Waals surface area (Å²) >= 11 is 1.63. The predicted molar refractivity (Wildman–Crippen MR) is 47.9 cm³/mol. The molecule has 0 aromatic carbocycles. The Morgan fingerprint density at radius 3 is 2.83 bits per heavy atom. The Hall–Kier alpha value is -1.29. The molecule has 0 aliphatic heterocycles. The fraction of sp³-hybridized carbons (Fsp3) is 0.125. The summed E-state index contributed by atoms with van der Waals surface area (Å²) < 4.78 is 0. The minimum atomic E-state index is 0.696. The summed E-state index contributed by atoms with van der Waals surface area (Å²) in [7, 11) is 0. The maximum atomic E-state index is 4.15. The highest BCUT2D eigenvalue weighted by atomic mass is 32.1. The van der Waals surface area contributed by atoms with Gasteiger partial charge in [0.15, 0.2) is 5.82 Å².